The Balaban J connectivity index is 1.41. The van der Waals surface area contributed by atoms with Gasteiger partial charge >= 0.3 is 0 Å². The number of amides is 2. The van der Waals surface area contributed by atoms with Crippen molar-refractivity contribution in [2.45, 2.75) is 103 Å². The Kier molecular flexibility index (Phi) is 11.2. The highest BCUT2D eigenvalue weighted by atomic mass is 16.5. The van der Waals surface area contributed by atoms with Crippen LogP contribution in [0.15, 0.2) is 30.6 Å². The first-order valence-electron chi connectivity index (χ1n) is 16.6. The Morgan fingerprint density at radius 1 is 1.05 bits per heavy atom. The molecule has 0 spiro atoms. The zero-order chi connectivity index (χ0) is 30.9. The number of aromatic nitrogens is 5. The van der Waals surface area contributed by atoms with Crippen LogP contribution in [-0.4, -0.2) is 56.5 Å². The number of nitrogens with zero attached hydrogens (tertiary/aromatic N) is 4. The lowest BCUT2D eigenvalue weighted by molar-refractivity contribution is -0.121. The van der Waals surface area contributed by atoms with Gasteiger partial charge in [0.15, 0.2) is 0 Å². The number of methoxy groups -OCH3 is 1. The minimum absolute atomic E-state index is 0.0809. The van der Waals surface area contributed by atoms with Gasteiger partial charge in [-0.1, -0.05) is 71.1 Å². The van der Waals surface area contributed by atoms with Crippen LogP contribution >= 0.6 is 0 Å². The fraction of sp³-hybridized carbons (Fsp3) is 0.618. The molecule has 2 saturated carbocycles. The number of hydrogen-bond donors (Lipinski definition) is 3. The van der Waals surface area contributed by atoms with Crippen LogP contribution < -0.4 is 10.6 Å². The first-order chi connectivity index (χ1) is 21.5. The van der Waals surface area contributed by atoms with Crippen molar-refractivity contribution in [1.29, 1.82) is 0 Å². The van der Waals surface area contributed by atoms with Crippen molar-refractivity contribution in [3.8, 4) is 11.3 Å². The summed E-state index contributed by atoms with van der Waals surface area (Å²) in [5.74, 6) is 0.469. The lowest BCUT2D eigenvalue weighted by atomic mass is 9.66. The van der Waals surface area contributed by atoms with Gasteiger partial charge in [-0.2, -0.15) is 10.2 Å². The van der Waals surface area contributed by atoms with Gasteiger partial charge in [-0.05, 0) is 55.7 Å². The van der Waals surface area contributed by atoms with Gasteiger partial charge in [0.05, 0.1) is 23.3 Å². The van der Waals surface area contributed by atoms with Gasteiger partial charge < -0.3 is 15.4 Å². The van der Waals surface area contributed by atoms with E-state index in [1.54, 1.807) is 30.3 Å². The monoisotopic (exact) mass is 603 g/mol. The minimum Gasteiger partial charge on any atom is -0.385 e. The fourth-order valence-electron chi connectivity index (χ4n) is 7.49. The lowest BCUT2D eigenvalue weighted by Gasteiger charge is -2.42. The van der Waals surface area contributed by atoms with Crippen LogP contribution in [0.4, 0.5) is 5.69 Å². The zero-order valence-corrected chi connectivity index (χ0v) is 26.6. The molecule has 2 aliphatic rings. The van der Waals surface area contributed by atoms with E-state index in [-0.39, 0.29) is 17.7 Å². The molecule has 2 fully saturated rings. The van der Waals surface area contributed by atoms with Crippen LogP contribution in [0.2, 0.25) is 0 Å². The molecule has 3 heterocycles. The van der Waals surface area contributed by atoms with Crippen LogP contribution in [0, 0.1) is 24.7 Å². The Hall–Kier alpha value is -3.53. The van der Waals surface area contributed by atoms with Crippen LogP contribution in [0.1, 0.15) is 99.4 Å². The van der Waals surface area contributed by atoms with E-state index in [0.717, 1.165) is 61.2 Å². The van der Waals surface area contributed by atoms with Gasteiger partial charge in [-0.3, -0.25) is 24.4 Å². The summed E-state index contributed by atoms with van der Waals surface area (Å²) in [5, 5.41) is 18.2. The summed E-state index contributed by atoms with van der Waals surface area (Å²) in [6, 6.07) is 4.90. The maximum Gasteiger partial charge on any atom is 0.270 e. The summed E-state index contributed by atoms with van der Waals surface area (Å²) in [4.78, 5) is 32.9. The molecule has 44 heavy (non-hydrogen) atoms. The number of ether oxygens (including phenoxy) is 1. The van der Waals surface area contributed by atoms with Crippen molar-refractivity contribution < 1.29 is 14.3 Å². The Bertz CT molecular complexity index is 1340. The van der Waals surface area contributed by atoms with E-state index >= 15 is 0 Å². The molecule has 10 heteroatoms. The van der Waals surface area contributed by atoms with Gasteiger partial charge in [-0.15, -0.1) is 0 Å². The molecular weight excluding hydrogens is 554 g/mol. The van der Waals surface area contributed by atoms with E-state index in [2.05, 4.69) is 32.9 Å². The molecule has 3 N–H and O–H groups in total. The highest BCUT2D eigenvalue weighted by Gasteiger charge is 2.41. The Morgan fingerprint density at radius 3 is 2.36 bits per heavy atom. The predicted molar refractivity (Wildman–Crippen MR) is 171 cm³/mol. The molecule has 2 amide bonds. The summed E-state index contributed by atoms with van der Waals surface area (Å²) < 4.78 is 6.91. The highest BCUT2D eigenvalue weighted by Crippen LogP contribution is 2.42. The van der Waals surface area contributed by atoms with Gasteiger partial charge in [0.25, 0.3) is 5.91 Å². The van der Waals surface area contributed by atoms with E-state index in [1.165, 1.54) is 38.5 Å². The minimum atomic E-state index is -0.654. The molecule has 10 nitrogen and oxygen atoms in total. The average molecular weight is 604 g/mol. The van der Waals surface area contributed by atoms with Gasteiger partial charge in [0, 0.05) is 37.7 Å². The number of aromatic amines is 1. The molecule has 1 atom stereocenters. The van der Waals surface area contributed by atoms with Gasteiger partial charge in [0.1, 0.15) is 11.7 Å². The number of hydrogen-bond acceptors (Lipinski definition) is 6. The largest absolute Gasteiger partial charge is 0.385 e. The number of aryl methyl sites for hydroxylation is 3. The van der Waals surface area contributed by atoms with Gasteiger partial charge in [-0.25, -0.2) is 0 Å². The van der Waals surface area contributed by atoms with Crippen molar-refractivity contribution in [2.24, 2.45) is 17.8 Å². The molecule has 0 aliphatic heterocycles. The van der Waals surface area contributed by atoms with Crippen molar-refractivity contribution in [1.82, 2.24) is 30.3 Å². The molecule has 2 aliphatic carbocycles. The molecule has 0 aromatic carbocycles. The summed E-state index contributed by atoms with van der Waals surface area (Å²) in [6.45, 7) is 5.23. The normalized spacial score (nSPS) is 17.1. The molecule has 3 aromatic rings. The van der Waals surface area contributed by atoms with E-state index in [4.69, 9.17) is 9.72 Å². The van der Waals surface area contributed by atoms with Crippen molar-refractivity contribution >= 4 is 17.5 Å². The third kappa shape index (κ3) is 7.57. The SMILES string of the molecule is CCc1n[nH]c(C)c1-c1ccc(NC(=O)[C@@H](NC(=O)c2ccnn2CCCOC)C(C2CCCCC2)C2CCCCC2)cn1. The second kappa shape index (κ2) is 15.5. The van der Waals surface area contributed by atoms with E-state index in [9.17, 15) is 9.59 Å². The Labute approximate surface area is 261 Å². The fourth-order valence-corrected chi connectivity index (χ4v) is 7.49. The first-order valence-corrected chi connectivity index (χ1v) is 16.6. The summed E-state index contributed by atoms with van der Waals surface area (Å²) >= 11 is 0. The molecule has 238 valence electrons. The first kappa shape index (κ1) is 31.9. The number of nitrogens with one attached hydrogen (secondary N) is 3. The van der Waals surface area contributed by atoms with Crippen LogP contribution in [0.5, 0.6) is 0 Å². The van der Waals surface area contributed by atoms with E-state index < -0.39 is 6.04 Å². The summed E-state index contributed by atoms with van der Waals surface area (Å²) in [6.07, 6.45) is 16.5. The molecule has 0 saturated heterocycles. The zero-order valence-electron chi connectivity index (χ0n) is 26.6. The van der Waals surface area contributed by atoms with Crippen molar-refractivity contribution in [3.05, 3.63) is 47.7 Å². The van der Waals surface area contributed by atoms with Crippen molar-refractivity contribution in [3.63, 3.8) is 0 Å². The van der Waals surface area contributed by atoms with Crippen LogP contribution in [0.3, 0.4) is 0 Å². The number of H-pyrrole nitrogens is 1. The molecule has 0 bridgehead atoms. The number of anilines is 1. The quantitative estimate of drug-likeness (QED) is 0.203. The molecule has 5 rings (SSSR count). The second-order valence-electron chi connectivity index (χ2n) is 12.6. The lowest BCUT2D eigenvalue weighted by Crippen LogP contribution is -2.53. The van der Waals surface area contributed by atoms with Crippen LogP contribution in [0.25, 0.3) is 11.3 Å². The molecular formula is C34H49N7O3. The Morgan fingerprint density at radius 2 is 1.75 bits per heavy atom. The van der Waals surface area contributed by atoms with E-state index in [0.29, 0.717) is 36.4 Å². The third-order valence-electron chi connectivity index (χ3n) is 9.65. The topological polar surface area (TPSA) is 127 Å². The van der Waals surface area contributed by atoms with E-state index in [1.807, 2.05) is 19.1 Å². The van der Waals surface area contributed by atoms with Crippen molar-refractivity contribution in [2.75, 3.05) is 19.0 Å². The number of rotatable bonds is 13. The third-order valence-corrected chi connectivity index (χ3v) is 9.65. The van der Waals surface area contributed by atoms with Crippen LogP contribution in [-0.2, 0) is 22.5 Å². The molecule has 3 aromatic heterocycles. The standard InChI is InChI=1S/C34H49N7O3/c1-4-27-30(23(2)39-40-27)28-17-16-26(22-35-28)37-34(43)32(38-33(42)29-18-19-36-41(29)20-11-21-44-3)31(24-12-7-5-8-13-24)25-14-9-6-10-15-25/h16-19,22,24-25,31-32H,4-15,20-21H2,1-3H3,(H,37,43)(H,38,42)(H,39,40)/t32-/m0/s1. The second-order valence-corrected chi connectivity index (χ2v) is 12.6. The number of pyridine rings is 1. The predicted octanol–water partition coefficient (Wildman–Crippen LogP) is 6.09. The number of carbonyl (C=O) groups is 2. The highest BCUT2D eigenvalue weighted by molar-refractivity contribution is 6.00. The summed E-state index contributed by atoms with van der Waals surface area (Å²) in [7, 11) is 1.67. The summed E-state index contributed by atoms with van der Waals surface area (Å²) in [5.41, 5.74) is 4.86. The smallest absolute Gasteiger partial charge is 0.270 e. The molecule has 0 radical (unpaired) electrons. The maximum absolute atomic E-state index is 14.3. The maximum atomic E-state index is 14.3. The number of carbonyl (C=O) groups excluding carboxylic acids is 2. The average Bonchev–Trinajstić information content (AvgIpc) is 3.68. The van der Waals surface area contributed by atoms with Gasteiger partial charge in [0.2, 0.25) is 5.91 Å². The molecule has 0 unspecified atom stereocenters.